The summed E-state index contributed by atoms with van der Waals surface area (Å²) >= 11 is 0. The van der Waals surface area contributed by atoms with Crippen LogP contribution in [0.15, 0.2) is 33.7 Å². The molecule has 3 unspecified atom stereocenters. The zero-order valence-electron chi connectivity index (χ0n) is 16.6. The van der Waals surface area contributed by atoms with E-state index in [0.717, 1.165) is 29.7 Å². The van der Waals surface area contributed by atoms with Crippen LogP contribution in [-0.4, -0.2) is 42.2 Å². The number of fused-ring (bicyclic) bond motifs is 1. The van der Waals surface area contributed by atoms with Gasteiger partial charge in [0.15, 0.2) is 11.3 Å². The normalized spacial score (nSPS) is 15.8. The van der Waals surface area contributed by atoms with E-state index in [1.807, 2.05) is 31.2 Å². The molecular formula is C21H32N2O3. The topological polar surface area (TPSA) is 67.0 Å². The summed E-state index contributed by atoms with van der Waals surface area (Å²) in [6, 6.07) is 8.44. The number of nitrogens with one attached hydrogen (secondary N) is 1. The summed E-state index contributed by atoms with van der Waals surface area (Å²) in [7, 11) is 0. The van der Waals surface area contributed by atoms with E-state index in [4.69, 9.17) is 9.15 Å². The van der Waals surface area contributed by atoms with Crippen molar-refractivity contribution in [3.05, 3.63) is 30.0 Å². The Bertz CT molecular complexity index is 723. The Morgan fingerprint density at radius 1 is 1.27 bits per heavy atom. The first-order valence-corrected chi connectivity index (χ1v) is 9.56. The smallest absolute Gasteiger partial charge is 0.176 e. The molecule has 1 heterocycles. The van der Waals surface area contributed by atoms with Crippen molar-refractivity contribution < 1.29 is 14.3 Å². The molecular weight excluding hydrogens is 328 g/mol. The molecule has 3 atom stereocenters. The number of aliphatic imine (C=N–C) groups is 1. The van der Waals surface area contributed by atoms with Crippen molar-refractivity contribution >= 4 is 16.7 Å². The third kappa shape index (κ3) is 5.58. The van der Waals surface area contributed by atoms with Gasteiger partial charge in [0.1, 0.15) is 18.5 Å². The Morgan fingerprint density at radius 3 is 2.73 bits per heavy atom. The van der Waals surface area contributed by atoms with E-state index in [1.54, 1.807) is 0 Å². The van der Waals surface area contributed by atoms with Crippen LogP contribution in [0.25, 0.3) is 11.0 Å². The van der Waals surface area contributed by atoms with Gasteiger partial charge < -0.3 is 19.6 Å². The SMILES string of the molecule is CCC(C)N=C(C)c1cc2cccc(OCC(O)CNC(C)CC)c2o1. The minimum atomic E-state index is -0.567. The second-order valence-corrected chi connectivity index (χ2v) is 6.94. The lowest BCUT2D eigenvalue weighted by Crippen LogP contribution is -2.36. The minimum Gasteiger partial charge on any atom is -0.487 e. The van der Waals surface area contributed by atoms with Crippen molar-refractivity contribution in [3.63, 3.8) is 0 Å². The number of aliphatic hydroxyl groups is 1. The second-order valence-electron chi connectivity index (χ2n) is 6.94. The van der Waals surface area contributed by atoms with E-state index in [1.165, 1.54) is 0 Å². The molecule has 1 aromatic heterocycles. The van der Waals surface area contributed by atoms with Crippen LogP contribution in [0.1, 0.15) is 53.2 Å². The number of ether oxygens (including phenoxy) is 1. The van der Waals surface area contributed by atoms with Gasteiger partial charge in [0.25, 0.3) is 0 Å². The Hall–Kier alpha value is -1.85. The van der Waals surface area contributed by atoms with Gasteiger partial charge in [-0.1, -0.05) is 26.0 Å². The molecule has 0 saturated carbocycles. The molecule has 144 valence electrons. The molecule has 2 N–H and O–H groups in total. The van der Waals surface area contributed by atoms with Gasteiger partial charge in [-0.15, -0.1) is 0 Å². The molecule has 0 aliphatic carbocycles. The Balaban J connectivity index is 2.08. The number of nitrogens with zero attached hydrogens (tertiary/aromatic N) is 1. The van der Waals surface area contributed by atoms with Gasteiger partial charge in [0.05, 0.1) is 5.71 Å². The minimum absolute atomic E-state index is 0.221. The van der Waals surface area contributed by atoms with E-state index in [9.17, 15) is 5.11 Å². The largest absolute Gasteiger partial charge is 0.487 e. The quantitative estimate of drug-likeness (QED) is 0.624. The summed E-state index contributed by atoms with van der Waals surface area (Å²) in [6.07, 6.45) is 1.45. The highest BCUT2D eigenvalue weighted by Crippen LogP contribution is 2.29. The average Bonchev–Trinajstić information content (AvgIpc) is 3.09. The monoisotopic (exact) mass is 360 g/mol. The van der Waals surface area contributed by atoms with Crippen LogP contribution in [0, 0.1) is 0 Å². The van der Waals surface area contributed by atoms with E-state index in [2.05, 4.69) is 38.0 Å². The van der Waals surface area contributed by atoms with Crippen LogP contribution in [-0.2, 0) is 0 Å². The Kier molecular flexibility index (Phi) is 7.66. The first-order chi connectivity index (χ1) is 12.4. The molecule has 0 fully saturated rings. The number of benzene rings is 1. The second kappa shape index (κ2) is 9.74. The lowest BCUT2D eigenvalue weighted by atomic mass is 10.2. The molecule has 26 heavy (non-hydrogen) atoms. The van der Waals surface area contributed by atoms with Crippen molar-refractivity contribution in [2.75, 3.05) is 13.2 Å². The van der Waals surface area contributed by atoms with Gasteiger partial charge in [-0.3, -0.25) is 4.99 Å². The fourth-order valence-corrected chi connectivity index (χ4v) is 2.54. The molecule has 5 heteroatoms. The first-order valence-electron chi connectivity index (χ1n) is 9.56. The molecule has 0 radical (unpaired) electrons. The summed E-state index contributed by atoms with van der Waals surface area (Å²) in [5.74, 6) is 1.41. The molecule has 2 rings (SSSR count). The van der Waals surface area contributed by atoms with Crippen LogP contribution in [0.4, 0.5) is 0 Å². The highest BCUT2D eigenvalue weighted by Gasteiger charge is 2.13. The number of rotatable bonds is 10. The van der Waals surface area contributed by atoms with Crippen LogP contribution >= 0.6 is 0 Å². The molecule has 0 aliphatic heterocycles. The molecule has 0 amide bonds. The van der Waals surface area contributed by atoms with Crippen molar-refractivity contribution in [3.8, 4) is 5.75 Å². The first kappa shape index (κ1) is 20.5. The molecule has 1 aromatic carbocycles. The maximum atomic E-state index is 10.1. The van der Waals surface area contributed by atoms with Gasteiger partial charge in [-0.25, -0.2) is 0 Å². The Labute approximate surface area is 156 Å². The maximum absolute atomic E-state index is 10.1. The molecule has 0 saturated heterocycles. The molecule has 0 aliphatic rings. The third-order valence-electron chi connectivity index (χ3n) is 4.61. The fraction of sp³-hybridized carbons (Fsp3) is 0.571. The van der Waals surface area contributed by atoms with Crippen molar-refractivity contribution in [1.29, 1.82) is 0 Å². The average molecular weight is 360 g/mol. The van der Waals surface area contributed by atoms with Crippen LogP contribution in [0.3, 0.4) is 0 Å². The molecule has 0 spiro atoms. The van der Waals surface area contributed by atoms with Crippen molar-refractivity contribution in [2.24, 2.45) is 4.99 Å². The summed E-state index contributed by atoms with van der Waals surface area (Å²) in [4.78, 5) is 4.65. The highest BCUT2D eigenvalue weighted by molar-refractivity contribution is 6.00. The summed E-state index contributed by atoms with van der Waals surface area (Å²) < 4.78 is 11.8. The van der Waals surface area contributed by atoms with Crippen molar-refractivity contribution in [2.45, 2.75) is 65.6 Å². The lowest BCUT2D eigenvalue weighted by Gasteiger charge is -2.16. The molecule has 0 bridgehead atoms. The van der Waals surface area contributed by atoms with Crippen LogP contribution in [0.5, 0.6) is 5.75 Å². The summed E-state index contributed by atoms with van der Waals surface area (Å²) in [5.41, 5.74) is 1.59. The van der Waals surface area contributed by atoms with Gasteiger partial charge in [-0.2, -0.15) is 0 Å². The van der Waals surface area contributed by atoms with Crippen molar-refractivity contribution in [1.82, 2.24) is 5.32 Å². The van der Waals surface area contributed by atoms with Crippen LogP contribution in [0.2, 0.25) is 0 Å². The predicted molar refractivity (Wildman–Crippen MR) is 107 cm³/mol. The van der Waals surface area contributed by atoms with E-state index in [0.29, 0.717) is 23.9 Å². The standard InChI is InChI=1S/C21H32N2O3/c1-6-14(3)22-12-18(24)13-25-19-10-8-9-17-11-20(26-21(17)19)16(5)23-15(4)7-2/h8-11,14-15,18,22,24H,6-7,12-13H2,1-5H3. The summed E-state index contributed by atoms with van der Waals surface area (Å²) in [5, 5.41) is 14.4. The zero-order valence-corrected chi connectivity index (χ0v) is 16.6. The van der Waals surface area contributed by atoms with Gasteiger partial charge >= 0.3 is 0 Å². The molecule has 5 nitrogen and oxygen atoms in total. The Morgan fingerprint density at radius 2 is 2.04 bits per heavy atom. The third-order valence-corrected chi connectivity index (χ3v) is 4.61. The fourth-order valence-electron chi connectivity index (χ4n) is 2.54. The highest BCUT2D eigenvalue weighted by atomic mass is 16.5. The predicted octanol–water partition coefficient (Wildman–Crippen LogP) is 4.17. The summed E-state index contributed by atoms with van der Waals surface area (Å²) in [6.45, 7) is 11.1. The van der Waals surface area contributed by atoms with Gasteiger partial charge in [0.2, 0.25) is 0 Å². The maximum Gasteiger partial charge on any atom is 0.176 e. The van der Waals surface area contributed by atoms with E-state index >= 15 is 0 Å². The zero-order chi connectivity index (χ0) is 19.1. The number of furan rings is 1. The number of hydrogen-bond acceptors (Lipinski definition) is 5. The van der Waals surface area contributed by atoms with E-state index in [-0.39, 0.29) is 12.6 Å². The van der Waals surface area contributed by atoms with Gasteiger partial charge in [-0.05, 0) is 45.7 Å². The lowest BCUT2D eigenvalue weighted by molar-refractivity contribution is 0.104. The van der Waals surface area contributed by atoms with E-state index < -0.39 is 6.10 Å². The van der Waals surface area contributed by atoms with Crippen LogP contribution < -0.4 is 10.1 Å². The molecule has 2 aromatic rings. The van der Waals surface area contributed by atoms with Gasteiger partial charge in [0, 0.05) is 24.0 Å². The number of aliphatic hydroxyl groups excluding tert-OH is 1. The number of hydrogen-bond donors (Lipinski definition) is 2. The number of para-hydroxylation sites is 1.